The van der Waals surface area contributed by atoms with Crippen molar-refractivity contribution in [3.8, 4) is 0 Å². The highest BCUT2D eigenvalue weighted by Gasteiger charge is 2.31. The first-order chi connectivity index (χ1) is 13.2. The van der Waals surface area contributed by atoms with Crippen LogP contribution in [0.4, 0.5) is 10.1 Å². The molecule has 1 aromatic carbocycles. The average Bonchev–Trinajstić information content (AvgIpc) is 3.02. The normalized spacial score (nSPS) is 16.8. The monoisotopic (exact) mass is 399 g/mol. The maximum Gasteiger partial charge on any atom is 0.282 e. The zero-order valence-corrected chi connectivity index (χ0v) is 16.9. The van der Waals surface area contributed by atoms with Crippen LogP contribution >= 0.6 is 11.3 Å². The molecule has 1 aliphatic rings. The zero-order chi connectivity index (χ0) is 20.1. The highest BCUT2D eigenvalue weighted by Crippen LogP contribution is 2.39. The van der Waals surface area contributed by atoms with Crippen molar-refractivity contribution in [2.24, 2.45) is 11.3 Å². The number of aryl methyl sites for hydroxylation is 1. The number of carbonyl (C=O) groups excluding carboxylic acids is 1. The number of nitrogens with zero attached hydrogens (tertiary/aromatic N) is 2. The Balaban J connectivity index is 1.67. The van der Waals surface area contributed by atoms with Crippen LogP contribution in [-0.4, -0.2) is 15.3 Å². The topological polar surface area (TPSA) is 63.5 Å². The molecule has 2 heterocycles. The van der Waals surface area contributed by atoms with E-state index in [4.69, 9.17) is 0 Å². The Bertz CT molecular complexity index is 1110. The first-order valence-electron chi connectivity index (χ1n) is 9.33. The number of fused-ring (bicyclic) bond motifs is 3. The summed E-state index contributed by atoms with van der Waals surface area (Å²) in [4.78, 5) is 31.7. The maximum atomic E-state index is 13.0. The predicted octanol–water partition coefficient (Wildman–Crippen LogP) is 4.30. The van der Waals surface area contributed by atoms with Gasteiger partial charge < -0.3 is 5.32 Å². The minimum atomic E-state index is -0.462. The van der Waals surface area contributed by atoms with Gasteiger partial charge in [-0.25, -0.2) is 9.37 Å². The van der Waals surface area contributed by atoms with Crippen LogP contribution in [0.1, 0.15) is 48.1 Å². The molecule has 28 heavy (non-hydrogen) atoms. The second kappa shape index (κ2) is 6.81. The van der Waals surface area contributed by atoms with Crippen LogP contribution in [0, 0.1) is 17.2 Å². The molecule has 3 aromatic rings. The number of amides is 1. The quantitative estimate of drug-likeness (QED) is 0.699. The molecule has 0 aliphatic heterocycles. The number of benzene rings is 1. The van der Waals surface area contributed by atoms with E-state index in [0.29, 0.717) is 10.9 Å². The highest BCUT2D eigenvalue weighted by molar-refractivity contribution is 7.17. The van der Waals surface area contributed by atoms with E-state index in [-0.39, 0.29) is 22.2 Å². The Morgan fingerprint density at radius 2 is 2.00 bits per heavy atom. The van der Waals surface area contributed by atoms with Crippen molar-refractivity contribution in [3.05, 3.63) is 62.8 Å². The van der Waals surface area contributed by atoms with E-state index < -0.39 is 11.7 Å². The van der Waals surface area contributed by atoms with E-state index in [9.17, 15) is 14.0 Å². The summed E-state index contributed by atoms with van der Waals surface area (Å²) in [5.74, 6) is -0.310. The van der Waals surface area contributed by atoms with E-state index in [1.165, 1.54) is 35.3 Å². The van der Waals surface area contributed by atoms with Crippen LogP contribution in [0.15, 0.2) is 35.3 Å². The van der Waals surface area contributed by atoms with Gasteiger partial charge in [0, 0.05) is 16.1 Å². The Morgan fingerprint density at radius 3 is 2.68 bits per heavy atom. The fourth-order valence-corrected chi connectivity index (χ4v) is 4.92. The first-order valence-corrected chi connectivity index (χ1v) is 10.1. The van der Waals surface area contributed by atoms with Crippen molar-refractivity contribution in [1.29, 1.82) is 0 Å². The lowest BCUT2D eigenvalue weighted by Crippen LogP contribution is -2.28. The molecule has 4 rings (SSSR count). The summed E-state index contributed by atoms with van der Waals surface area (Å²) in [6.07, 6.45) is 4.21. The van der Waals surface area contributed by atoms with E-state index in [1.807, 2.05) is 0 Å². The molecule has 0 spiro atoms. The molecular formula is C21H22FN3O2S. The van der Waals surface area contributed by atoms with Gasteiger partial charge in [-0.05, 0) is 54.9 Å². The van der Waals surface area contributed by atoms with E-state index in [1.54, 1.807) is 15.7 Å². The largest absolute Gasteiger partial charge is 0.316 e. The summed E-state index contributed by atoms with van der Waals surface area (Å²) < 4.78 is 14.7. The lowest BCUT2D eigenvalue weighted by Gasteiger charge is -2.33. The van der Waals surface area contributed by atoms with E-state index in [0.717, 1.165) is 25.0 Å². The molecule has 1 unspecified atom stereocenters. The van der Waals surface area contributed by atoms with Crippen molar-refractivity contribution in [2.75, 3.05) is 5.32 Å². The molecule has 0 radical (unpaired) electrons. The molecule has 1 amide bonds. The lowest BCUT2D eigenvalue weighted by atomic mass is 9.73. The molecule has 1 N–H and O–H groups in total. The molecule has 0 bridgehead atoms. The second-order valence-corrected chi connectivity index (χ2v) is 9.40. The van der Waals surface area contributed by atoms with Crippen molar-refractivity contribution in [2.45, 2.75) is 40.0 Å². The van der Waals surface area contributed by atoms with Crippen LogP contribution in [-0.2, 0) is 12.8 Å². The summed E-state index contributed by atoms with van der Waals surface area (Å²) in [6, 6.07) is 5.19. The van der Waals surface area contributed by atoms with Gasteiger partial charge in [-0.3, -0.25) is 14.0 Å². The van der Waals surface area contributed by atoms with Gasteiger partial charge in [0.05, 0.1) is 6.20 Å². The Kier molecular flexibility index (Phi) is 4.57. The summed E-state index contributed by atoms with van der Waals surface area (Å²) in [5, 5.41) is 2.62. The molecular weight excluding hydrogens is 377 g/mol. The molecule has 1 atom stereocenters. The molecule has 0 saturated heterocycles. The molecule has 7 heteroatoms. The van der Waals surface area contributed by atoms with Gasteiger partial charge >= 0.3 is 0 Å². The number of aromatic nitrogens is 2. The SMILES string of the molecule is CC(C)(C)C1CCc2c(sc3ncc(NC(=O)c4ccc(F)cc4)c(=O)n23)C1. The first kappa shape index (κ1) is 18.8. The lowest BCUT2D eigenvalue weighted by molar-refractivity contribution is 0.102. The molecule has 0 saturated carbocycles. The van der Waals surface area contributed by atoms with Crippen LogP contribution in [0.25, 0.3) is 4.96 Å². The number of halogens is 1. The van der Waals surface area contributed by atoms with Gasteiger partial charge in [-0.1, -0.05) is 20.8 Å². The third kappa shape index (κ3) is 3.35. The number of carbonyl (C=O) groups is 1. The summed E-state index contributed by atoms with van der Waals surface area (Å²) in [5.41, 5.74) is 1.38. The average molecular weight is 399 g/mol. The fourth-order valence-electron chi connectivity index (χ4n) is 3.71. The zero-order valence-electron chi connectivity index (χ0n) is 16.1. The van der Waals surface area contributed by atoms with Crippen LogP contribution in [0.2, 0.25) is 0 Å². The predicted molar refractivity (Wildman–Crippen MR) is 109 cm³/mol. The number of thiazole rings is 1. The standard InChI is InChI=1S/C21H22FN3O2S/c1-21(2,3)13-6-9-16-17(10-13)28-20-23-11-15(19(27)25(16)20)24-18(26)12-4-7-14(22)8-5-12/h4-5,7-8,11,13H,6,9-10H2,1-3H3,(H,24,26). The number of hydrogen-bond acceptors (Lipinski definition) is 4. The Hall–Kier alpha value is -2.54. The number of nitrogens with one attached hydrogen (secondary N) is 1. The molecule has 1 aliphatic carbocycles. The fraction of sp³-hybridized carbons (Fsp3) is 0.381. The van der Waals surface area contributed by atoms with E-state index in [2.05, 4.69) is 31.1 Å². The minimum Gasteiger partial charge on any atom is -0.316 e. The van der Waals surface area contributed by atoms with Crippen molar-refractivity contribution in [1.82, 2.24) is 9.38 Å². The third-order valence-corrected chi connectivity index (χ3v) is 6.60. The molecule has 2 aromatic heterocycles. The smallest absolute Gasteiger partial charge is 0.282 e. The summed E-state index contributed by atoms with van der Waals surface area (Å²) >= 11 is 1.56. The van der Waals surface area contributed by atoms with Crippen molar-refractivity contribution < 1.29 is 9.18 Å². The second-order valence-electron chi connectivity index (χ2n) is 8.33. The van der Waals surface area contributed by atoms with Crippen molar-refractivity contribution in [3.63, 3.8) is 0 Å². The van der Waals surface area contributed by atoms with Crippen molar-refractivity contribution >= 4 is 27.9 Å². The van der Waals surface area contributed by atoms with Gasteiger partial charge in [0.25, 0.3) is 11.5 Å². The summed E-state index contributed by atoms with van der Waals surface area (Å²) in [7, 11) is 0. The number of rotatable bonds is 2. The Morgan fingerprint density at radius 1 is 1.29 bits per heavy atom. The van der Waals surface area contributed by atoms with Crippen LogP contribution < -0.4 is 10.9 Å². The van der Waals surface area contributed by atoms with Gasteiger partial charge in [0.15, 0.2) is 4.96 Å². The minimum absolute atomic E-state index is 0.130. The van der Waals surface area contributed by atoms with E-state index >= 15 is 0 Å². The molecule has 0 fully saturated rings. The number of hydrogen-bond donors (Lipinski definition) is 1. The third-order valence-electron chi connectivity index (χ3n) is 5.48. The highest BCUT2D eigenvalue weighted by atomic mass is 32.1. The summed E-state index contributed by atoms with van der Waals surface area (Å²) in [6.45, 7) is 6.76. The van der Waals surface area contributed by atoms with Gasteiger partial charge in [-0.2, -0.15) is 0 Å². The molecule has 5 nitrogen and oxygen atoms in total. The number of anilines is 1. The van der Waals surface area contributed by atoms with Gasteiger partial charge in [-0.15, -0.1) is 11.3 Å². The van der Waals surface area contributed by atoms with Gasteiger partial charge in [0.2, 0.25) is 0 Å². The Labute approximate surface area is 166 Å². The van der Waals surface area contributed by atoms with Gasteiger partial charge in [0.1, 0.15) is 11.5 Å². The van der Waals surface area contributed by atoms with Crippen LogP contribution in [0.3, 0.4) is 0 Å². The molecule has 146 valence electrons. The van der Waals surface area contributed by atoms with Crippen LogP contribution in [0.5, 0.6) is 0 Å². The maximum absolute atomic E-state index is 13.0.